The van der Waals surface area contributed by atoms with Crippen molar-refractivity contribution in [3.05, 3.63) is 77.9 Å². The van der Waals surface area contributed by atoms with E-state index in [0.717, 1.165) is 30.6 Å². The molecule has 1 N–H and O–H groups in total. The highest BCUT2D eigenvalue weighted by Crippen LogP contribution is 2.50. The molecular weight excluding hydrogens is 540 g/mol. The van der Waals surface area contributed by atoms with E-state index >= 15 is 0 Å². The maximum absolute atomic E-state index is 12.2. The van der Waals surface area contributed by atoms with Crippen LogP contribution in [0.4, 0.5) is 0 Å². The standard InChI is InChI=1S/C36H54O5Si/c1-26(2)42(27(3)4,28(5)6)41-25-33-30(34(37)23-32(33)31-20-15-16-21-35(31)39-7)19-13-8-9-14-22-36(38)40-24-29-17-11-10-12-18-29/h8,10-13,15-18,20-21,26-28,30,32-34,37H,9,14,19,22-25H2,1-7H3/b13-8-/t30-,32+,33+,34-/m0/s1. The lowest BCUT2D eigenvalue weighted by Gasteiger charge is -2.43. The van der Waals surface area contributed by atoms with Crippen molar-refractivity contribution in [1.82, 2.24) is 0 Å². The van der Waals surface area contributed by atoms with Crippen LogP contribution in [0.25, 0.3) is 0 Å². The highest BCUT2D eigenvalue weighted by atomic mass is 28.4. The number of benzene rings is 2. The van der Waals surface area contributed by atoms with Gasteiger partial charge in [-0.2, -0.15) is 0 Å². The molecule has 3 rings (SSSR count). The minimum Gasteiger partial charge on any atom is -0.496 e. The highest BCUT2D eigenvalue weighted by Gasteiger charge is 2.48. The van der Waals surface area contributed by atoms with Crippen molar-refractivity contribution >= 4 is 14.3 Å². The zero-order valence-electron chi connectivity index (χ0n) is 26.9. The third-order valence-electron chi connectivity index (χ3n) is 9.40. The van der Waals surface area contributed by atoms with E-state index in [4.69, 9.17) is 13.9 Å². The molecular formula is C36H54O5Si. The van der Waals surface area contributed by atoms with Crippen LogP contribution in [-0.2, 0) is 20.6 Å². The summed E-state index contributed by atoms with van der Waals surface area (Å²) in [4.78, 5) is 12.2. The predicted octanol–water partition coefficient (Wildman–Crippen LogP) is 8.83. The van der Waals surface area contributed by atoms with E-state index in [-0.39, 0.29) is 23.7 Å². The SMILES string of the molecule is COc1ccccc1[C@H]1C[C@H](O)[C@@H](C/C=C\CCCC(=O)OCc2ccccc2)[C@H]1CO[Si](C(C)C)(C(C)C)C(C)C. The molecule has 0 spiro atoms. The van der Waals surface area contributed by atoms with Gasteiger partial charge < -0.3 is 19.0 Å². The topological polar surface area (TPSA) is 65.0 Å². The Morgan fingerprint density at radius 2 is 1.57 bits per heavy atom. The number of carbonyl (C=O) groups is 1. The van der Waals surface area contributed by atoms with Gasteiger partial charge in [-0.3, -0.25) is 4.79 Å². The second-order valence-corrected chi connectivity index (χ2v) is 18.3. The van der Waals surface area contributed by atoms with Gasteiger partial charge >= 0.3 is 5.97 Å². The van der Waals surface area contributed by atoms with Crippen molar-refractivity contribution in [2.24, 2.45) is 11.8 Å². The Morgan fingerprint density at radius 3 is 2.21 bits per heavy atom. The molecule has 0 aliphatic heterocycles. The van der Waals surface area contributed by atoms with Crippen LogP contribution in [0.1, 0.15) is 90.7 Å². The van der Waals surface area contributed by atoms with Crippen LogP contribution in [0, 0.1) is 11.8 Å². The molecule has 0 bridgehead atoms. The van der Waals surface area contributed by atoms with E-state index in [1.807, 2.05) is 42.5 Å². The summed E-state index contributed by atoms with van der Waals surface area (Å²) in [5.74, 6) is 1.19. The number of aliphatic hydroxyl groups is 1. The van der Waals surface area contributed by atoms with Crippen molar-refractivity contribution in [1.29, 1.82) is 0 Å². The van der Waals surface area contributed by atoms with Gasteiger partial charge in [0, 0.05) is 13.0 Å². The van der Waals surface area contributed by atoms with Crippen LogP contribution in [-0.4, -0.2) is 39.2 Å². The maximum atomic E-state index is 12.2. The largest absolute Gasteiger partial charge is 0.496 e. The normalized spacial score (nSPS) is 21.1. The summed E-state index contributed by atoms with van der Waals surface area (Å²) in [6.45, 7) is 14.9. The van der Waals surface area contributed by atoms with E-state index < -0.39 is 14.4 Å². The molecule has 2 aromatic rings. The molecule has 0 heterocycles. The molecule has 0 amide bonds. The van der Waals surface area contributed by atoms with Crippen molar-refractivity contribution in [3.8, 4) is 5.75 Å². The van der Waals surface area contributed by atoms with Gasteiger partial charge in [0.25, 0.3) is 0 Å². The molecule has 0 saturated heterocycles. The molecule has 4 atom stereocenters. The fourth-order valence-corrected chi connectivity index (χ4v) is 12.9. The van der Waals surface area contributed by atoms with E-state index in [1.54, 1.807) is 7.11 Å². The Balaban J connectivity index is 1.66. The highest BCUT2D eigenvalue weighted by molar-refractivity contribution is 6.77. The summed E-state index contributed by atoms with van der Waals surface area (Å²) >= 11 is 0. The zero-order chi connectivity index (χ0) is 30.7. The van der Waals surface area contributed by atoms with Crippen LogP contribution in [0.3, 0.4) is 0 Å². The molecule has 6 heteroatoms. The summed E-state index contributed by atoms with van der Waals surface area (Å²) in [7, 11) is -0.338. The van der Waals surface area contributed by atoms with Crippen molar-refractivity contribution in [3.63, 3.8) is 0 Å². The van der Waals surface area contributed by atoms with Gasteiger partial charge in [0.1, 0.15) is 12.4 Å². The minimum absolute atomic E-state index is 0.102. The number of esters is 1. The Kier molecular flexibility index (Phi) is 13.3. The second kappa shape index (κ2) is 16.4. The number of hydrogen-bond acceptors (Lipinski definition) is 5. The lowest BCUT2D eigenvalue weighted by atomic mass is 9.83. The molecule has 1 fully saturated rings. The van der Waals surface area contributed by atoms with Gasteiger partial charge in [-0.1, -0.05) is 102 Å². The molecule has 0 radical (unpaired) electrons. The summed E-state index contributed by atoms with van der Waals surface area (Å²) < 4.78 is 18.3. The summed E-state index contributed by atoms with van der Waals surface area (Å²) in [6.07, 6.45) is 7.41. The molecule has 2 aromatic carbocycles. The lowest BCUT2D eigenvalue weighted by Crippen LogP contribution is -2.49. The predicted molar refractivity (Wildman–Crippen MR) is 174 cm³/mol. The molecule has 1 aliphatic carbocycles. The van der Waals surface area contributed by atoms with E-state index in [2.05, 4.69) is 65.8 Å². The quantitative estimate of drug-likeness (QED) is 0.0910. The third-order valence-corrected chi connectivity index (χ3v) is 15.5. The van der Waals surface area contributed by atoms with Gasteiger partial charge in [0.15, 0.2) is 8.32 Å². The number of aliphatic hydroxyl groups excluding tert-OH is 1. The van der Waals surface area contributed by atoms with Crippen molar-refractivity contribution in [2.75, 3.05) is 13.7 Å². The Labute approximate surface area is 255 Å². The molecule has 42 heavy (non-hydrogen) atoms. The van der Waals surface area contributed by atoms with Crippen LogP contribution in [0.15, 0.2) is 66.7 Å². The van der Waals surface area contributed by atoms with E-state index in [0.29, 0.717) is 42.7 Å². The van der Waals surface area contributed by atoms with Crippen LogP contribution in [0.5, 0.6) is 5.75 Å². The monoisotopic (exact) mass is 594 g/mol. The van der Waals surface area contributed by atoms with Crippen LogP contribution in [0.2, 0.25) is 16.6 Å². The molecule has 232 valence electrons. The number of ether oxygens (including phenoxy) is 2. The molecule has 0 unspecified atom stereocenters. The molecule has 0 aromatic heterocycles. The number of hydrogen-bond donors (Lipinski definition) is 1. The summed E-state index contributed by atoms with van der Waals surface area (Å²) in [6, 6.07) is 18.0. The first-order chi connectivity index (χ1) is 20.1. The van der Waals surface area contributed by atoms with Gasteiger partial charge in [0.2, 0.25) is 0 Å². The number of unbranched alkanes of at least 4 members (excludes halogenated alkanes) is 1. The molecule has 1 saturated carbocycles. The fourth-order valence-electron chi connectivity index (χ4n) is 7.38. The van der Waals surface area contributed by atoms with E-state index in [1.165, 1.54) is 5.56 Å². The number of allylic oxidation sites excluding steroid dienone is 2. The Bertz CT molecular complexity index is 1090. The minimum atomic E-state index is -2.06. The average molecular weight is 595 g/mol. The van der Waals surface area contributed by atoms with Gasteiger partial charge in [0.05, 0.1) is 13.2 Å². The summed E-state index contributed by atoms with van der Waals surface area (Å²) in [5.41, 5.74) is 3.68. The number of rotatable bonds is 16. The Morgan fingerprint density at radius 1 is 0.929 bits per heavy atom. The number of methoxy groups -OCH3 is 1. The van der Waals surface area contributed by atoms with E-state index in [9.17, 15) is 9.90 Å². The Hall–Kier alpha value is -2.41. The van der Waals surface area contributed by atoms with Gasteiger partial charge in [-0.25, -0.2) is 0 Å². The number of para-hydroxylation sites is 1. The van der Waals surface area contributed by atoms with Crippen molar-refractivity contribution < 1.29 is 23.8 Å². The van der Waals surface area contributed by atoms with Crippen LogP contribution < -0.4 is 4.74 Å². The summed E-state index contributed by atoms with van der Waals surface area (Å²) in [5, 5.41) is 11.4. The maximum Gasteiger partial charge on any atom is 0.306 e. The lowest BCUT2D eigenvalue weighted by molar-refractivity contribution is -0.145. The first-order valence-electron chi connectivity index (χ1n) is 15.9. The van der Waals surface area contributed by atoms with Crippen molar-refractivity contribution in [2.45, 2.75) is 109 Å². The van der Waals surface area contributed by atoms with Gasteiger partial charge in [-0.05, 0) is 77.3 Å². The first kappa shape index (κ1) is 34.1. The number of carbonyl (C=O) groups excluding carboxylic acids is 1. The average Bonchev–Trinajstić information content (AvgIpc) is 3.28. The molecule has 5 nitrogen and oxygen atoms in total. The second-order valence-electron chi connectivity index (χ2n) is 12.9. The fraction of sp³-hybridized carbons (Fsp3) is 0.583. The van der Waals surface area contributed by atoms with Crippen LogP contribution >= 0.6 is 0 Å². The third kappa shape index (κ3) is 8.58. The van der Waals surface area contributed by atoms with Gasteiger partial charge in [-0.15, -0.1) is 0 Å². The zero-order valence-corrected chi connectivity index (χ0v) is 27.9. The first-order valence-corrected chi connectivity index (χ1v) is 18.0. The molecule has 1 aliphatic rings. The smallest absolute Gasteiger partial charge is 0.306 e.